The fraction of sp³-hybridized carbons (Fsp3) is 0.227. The minimum atomic E-state index is -0.199. The molecule has 0 bridgehead atoms. The third-order valence-corrected chi connectivity index (χ3v) is 4.99. The predicted molar refractivity (Wildman–Crippen MR) is 117 cm³/mol. The van der Waals surface area contributed by atoms with Gasteiger partial charge in [0.1, 0.15) is 17.5 Å². The predicted octanol–water partition coefficient (Wildman–Crippen LogP) is 5.03. The maximum Gasteiger partial charge on any atom is 0.255 e. The average molecular weight is 408 g/mol. The summed E-state index contributed by atoms with van der Waals surface area (Å²) >= 11 is 5.95. The molecule has 0 radical (unpaired) electrons. The summed E-state index contributed by atoms with van der Waals surface area (Å²) in [5.74, 6) is 2.26. The van der Waals surface area contributed by atoms with Crippen molar-refractivity contribution in [3.63, 3.8) is 0 Å². The highest BCUT2D eigenvalue weighted by molar-refractivity contribution is 6.31. The minimum Gasteiger partial charge on any atom is -0.356 e. The molecule has 6 nitrogen and oxygen atoms in total. The van der Waals surface area contributed by atoms with Gasteiger partial charge >= 0.3 is 0 Å². The first-order valence-corrected chi connectivity index (χ1v) is 9.99. The molecular formula is C22H22ClN5O. The number of rotatable bonds is 5. The molecule has 2 N–H and O–H groups in total. The first-order chi connectivity index (χ1) is 14.1. The number of anilines is 4. The third-order valence-electron chi connectivity index (χ3n) is 4.76. The van der Waals surface area contributed by atoms with Gasteiger partial charge < -0.3 is 15.5 Å². The van der Waals surface area contributed by atoms with Gasteiger partial charge in [0.25, 0.3) is 5.91 Å². The average Bonchev–Trinajstić information content (AvgIpc) is 3.24. The molecule has 1 aromatic heterocycles. The van der Waals surface area contributed by atoms with Crippen LogP contribution in [-0.4, -0.2) is 29.0 Å². The number of amides is 1. The Morgan fingerprint density at radius 3 is 2.45 bits per heavy atom. The number of aryl methyl sites for hydroxylation is 1. The van der Waals surface area contributed by atoms with Gasteiger partial charge in [-0.05, 0) is 62.2 Å². The van der Waals surface area contributed by atoms with Gasteiger partial charge in [-0.1, -0.05) is 17.7 Å². The highest BCUT2D eigenvalue weighted by atomic mass is 35.5. The van der Waals surface area contributed by atoms with Crippen LogP contribution in [0, 0.1) is 6.92 Å². The second kappa shape index (κ2) is 8.49. The summed E-state index contributed by atoms with van der Waals surface area (Å²) in [7, 11) is 0. The Morgan fingerprint density at radius 2 is 1.72 bits per heavy atom. The lowest BCUT2D eigenvalue weighted by atomic mass is 10.2. The monoisotopic (exact) mass is 407 g/mol. The lowest BCUT2D eigenvalue weighted by Crippen LogP contribution is -2.19. The molecule has 0 spiro atoms. The number of hydrogen-bond acceptors (Lipinski definition) is 5. The molecule has 2 heterocycles. The molecule has 1 aliphatic rings. The fourth-order valence-electron chi connectivity index (χ4n) is 3.34. The van der Waals surface area contributed by atoms with Gasteiger partial charge in [0.15, 0.2) is 0 Å². The van der Waals surface area contributed by atoms with Crippen LogP contribution >= 0.6 is 11.6 Å². The van der Waals surface area contributed by atoms with Crippen LogP contribution in [0.5, 0.6) is 0 Å². The standard InChI is InChI=1S/C22H22ClN5O/c1-15-24-20(14-21(25-15)28-11-2-3-12-28)26-18-7-9-19(10-8-18)27-22(29)16-5-4-6-17(23)13-16/h4-10,13-14H,2-3,11-12H2,1H3,(H,27,29)(H,24,25,26). The lowest BCUT2D eigenvalue weighted by molar-refractivity contribution is 0.102. The lowest BCUT2D eigenvalue weighted by Gasteiger charge is -2.18. The molecule has 1 amide bonds. The van der Waals surface area contributed by atoms with E-state index in [1.54, 1.807) is 24.3 Å². The van der Waals surface area contributed by atoms with E-state index >= 15 is 0 Å². The van der Waals surface area contributed by atoms with Crippen molar-refractivity contribution in [2.75, 3.05) is 28.6 Å². The van der Waals surface area contributed by atoms with Crippen molar-refractivity contribution in [2.45, 2.75) is 19.8 Å². The topological polar surface area (TPSA) is 70.2 Å². The van der Waals surface area contributed by atoms with E-state index in [0.29, 0.717) is 16.3 Å². The second-order valence-electron chi connectivity index (χ2n) is 7.02. The molecule has 1 saturated heterocycles. The van der Waals surface area contributed by atoms with E-state index in [9.17, 15) is 4.79 Å². The van der Waals surface area contributed by atoms with Crippen LogP contribution in [-0.2, 0) is 0 Å². The van der Waals surface area contributed by atoms with E-state index in [1.165, 1.54) is 12.8 Å². The summed E-state index contributed by atoms with van der Waals surface area (Å²) < 4.78 is 0. The van der Waals surface area contributed by atoms with Gasteiger partial charge in [0.05, 0.1) is 0 Å². The third kappa shape index (κ3) is 4.84. The van der Waals surface area contributed by atoms with Crippen LogP contribution in [0.1, 0.15) is 29.0 Å². The Bertz CT molecular complexity index is 1020. The summed E-state index contributed by atoms with van der Waals surface area (Å²) in [5.41, 5.74) is 2.11. The Hall–Kier alpha value is -3.12. The van der Waals surface area contributed by atoms with Crippen LogP contribution in [0.2, 0.25) is 5.02 Å². The highest BCUT2D eigenvalue weighted by Gasteiger charge is 2.15. The van der Waals surface area contributed by atoms with Gasteiger partial charge in [-0.15, -0.1) is 0 Å². The van der Waals surface area contributed by atoms with E-state index in [0.717, 1.165) is 36.2 Å². The van der Waals surface area contributed by atoms with E-state index in [-0.39, 0.29) is 5.91 Å². The van der Waals surface area contributed by atoms with Crippen molar-refractivity contribution < 1.29 is 4.79 Å². The maximum atomic E-state index is 12.3. The number of benzene rings is 2. The molecular weight excluding hydrogens is 386 g/mol. The van der Waals surface area contributed by atoms with Crippen molar-refractivity contribution in [1.29, 1.82) is 0 Å². The van der Waals surface area contributed by atoms with Gasteiger partial charge in [0, 0.05) is 41.1 Å². The van der Waals surface area contributed by atoms with Crippen LogP contribution in [0.15, 0.2) is 54.6 Å². The zero-order chi connectivity index (χ0) is 20.2. The van der Waals surface area contributed by atoms with E-state index in [4.69, 9.17) is 11.6 Å². The van der Waals surface area contributed by atoms with Gasteiger partial charge in [0.2, 0.25) is 0 Å². The van der Waals surface area contributed by atoms with Crippen LogP contribution in [0.4, 0.5) is 23.0 Å². The molecule has 148 valence electrons. The normalized spacial score (nSPS) is 13.4. The van der Waals surface area contributed by atoms with Crippen molar-refractivity contribution in [3.05, 3.63) is 71.0 Å². The van der Waals surface area contributed by atoms with Gasteiger partial charge in [-0.3, -0.25) is 4.79 Å². The summed E-state index contributed by atoms with van der Waals surface area (Å²) in [6.45, 7) is 3.98. The van der Waals surface area contributed by atoms with Crippen molar-refractivity contribution in [3.8, 4) is 0 Å². The fourth-order valence-corrected chi connectivity index (χ4v) is 3.53. The Kier molecular flexibility index (Phi) is 5.62. The molecule has 0 saturated carbocycles. The Balaban J connectivity index is 1.44. The minimum absolute atomic E-state index is 0.199. The highest BCUT2D eigenvalue weighted by Crippen LogP contribution is 2.24. The van der Waals surface area contributed by atoms with Crippen LogP contribution < -0.4 is 15.5 Å². The quantitative estimate of drug-likeness (QED) is 0.620. The molecule has 4 rings (SSSR count). The zero-order valence-electron chi connectivity index (χ0n) is 16.2. The number of hydrogen-bond donors (Lipinski definition) is 2. The molecule has 29 heavy (non-hydrogen) atoms. The van der Waals surface area contributed by atoms with E-state index < -0.39 is 0 Å². The number of halogens is 1. The molecule has 1 fully saturated rings. The Labute approximate surface area is 174 Å². The smallest absolute Gasteiger partial charge is 0.255 e. The number of nitrogens with zero attached hydrogens (tertiary/aromatic N) is 3. The zero-order valence-corrected chi connectivity index (χ0v) is 16.9. The summed E-state index contributed by atoms with van der Waals surface area (Å²) in [5, 5.41) is 6.73. The van der Waals surface area contributed by atoms with Crippen molar-refractivity contribution >= 4 is 40.5 Å². The number of nitrogens with one attached hydrogen (secondary N) is 2. The molecule has 0 aliphatic carbocycles. The van der Waals surface area contributed by atoms with E-state index in [2.05, 4.69) is 25.5 Å². The molecule has 0 unspecified atom stereocenters. The van der Waals surface area contributed by atoms with Crippen molar-refractivity contribution in [1.82, 2.24) is 9.97 Å². The first-order valence-electron chi connectivity index (χ1n) is 9.61. The molecule has 1 aliphatic heterocycles. The van der Waals surface area contributed by atoms with Gasteiger partial charge in [-0.2, -0.15) is 0 Å². The van der Waals surface area contributed by atoms with Crippen LogP contribution in [0.3, 0.4) is 0 Å². The molecule has 7 heteroatoms. The first kappa shape index (κ1) is 19.2. The number of carbonyl (C=O) groups excluding carboxylic acids is 1. The van der Waals surface area contributed by atoms with E-state index in [1.807, 2.05) is 37.3 Å². The molecule has 2 aromatic carbocycles. The summed E-state index contributed by atoms with van der Waals surface area (Å²) in [6, 6.07) is 16.3. The largest absolute Gasteiger partial charge is 0.356 e. The molecule has 3 aromatic rings. The van der Waals surface area contributed by atoms with Gasteiger partial charge in [-0.25, -0.2) is 9.97 Å². The van der Waals surface area contributed by atoms with Crippen LogP contribution in [0.25, 0.3) is 0 Å². The molecule has 0 atom stereocenters. The number of aromatic nitrogens is 2. The SMILES string of the molecule is Cc1nc(Nc2ccc(NC(=O)c3cccc(Cl)c3)cc2)cc(N2CCCC2)n1. The summed E-state index contributed by atoms with van der Waals surface area (Å²) in [6.07, 6.45) is 2.41. The number of carbonyl (C=O) groups is 1. The summed E-state index contributed by atoms with van der Waals surface area (Å²) in [4.78, 5) is 23.7. The maximum absolute atomic E-state index is 12.3. The van der Waals surface area contributed by atoms with Crippen molar-refractivity contribution in [2.24, 2.45) is 0 Å². The Morgan fingerprint density at radius 1 is 1.00 bits per heavy atom. The second-order valence-corrected chi connectivity index (χ2v) is 7.46.